The average Bonchev–Trinajstić information content (AvgIpc) is 3.12. The number of nitrogens with two attached hydrogens (primary N) is 1. The van der Waals surface area contributed by atoms with Crippen LogP contribution in [0, 0.1) is 11.7 Å². The lowest BCUT2D eigenvalue weighted by atomic mass is 10.1. The standard InChI is InChI=1S/C15H17FN2/c16-14-5-1-11(2-6-14)9-18-8-7-13(10-18)15(17)12-3-4-12/h1-2,5-8,10,12,15H,3-4,9,17H2. The number of benzene rings is 1. The van der Waals surface area contributed by atoms with Crippen LogP contribution in [-0.2, 0) is 6.54 Å². The number of halogens is 1. The first-order chi connectivity index (χ1) is 8.72. The number of hydrogen-bond acceptors (Lipinski definition) is 1. The third-order valence-electron chi connectivity index (χ3n) is 3.57. The third-order valence-corrected chi connectivity index (χ3v) is 3.57. The van der Waals surface area contributed by atoms with Gasteiger partial charge in [-0.3, -0.25) is 0 Å². The van der Waals surface area contributed by atoms with Crippen molar-refractivity contribution < 1.29 is 4.39 Å². The molecule has 18 heavy (non-hydrogen) atoms. The van der Waals surface area contributed by atoms with E-state index in [0.29, 0.717) is 5.92 Å². The maximum Gasteiger partial charge on any atom is 0.123 e. The van der Waals surface area contributed by atoms with Gasteiger partial charge in [0.1, 0.15) is 5.82 Å². The molecule has 0 aliphatic heterocycles. The van der Waals surface area contributed by atoms with Gasteiger partial charge in [-0.25, -0.2) is 4.39 Å². The summed E-state index contributed by atoms with van der Waals surface area (Å²) in [6, 6.07) is 8.89. The Morgan fingerprint density at radius 2 is 1.94 bits per heavy atom. The summed E-state index contributed by atoms with van der Waals surface area (Å²) in [4.78, 5) is 0. The Kier molecular flexibility index (Phi) is 2.92. The third kappa shape index (κ3) is 2.46. The van der Waals surface area contributed by atoms with Crippen LogP contribution in [0.25, 0.3) is 0 Å². The van der Waals surface area contributed by atoms with E-state index in [2.05, 4.69) is 16.8 Å². The summed E-state index contributed by atoms with van der Waals surface area (Å²) < 4.78 is 14.9. The molecule has 1 fully saturated rings. The molecule has 0 saturated heterocycles. The fourth-order valence-corrected chi connectivity index (χ4v) is 2.28. The van der Waals surface area contributed by atoms with Gasteiger partial charge in [-0.2, -0.15) is 0 Å². The highest BCUT2D eigenvalue weighted by atomic mass is 19.1. The molecular formula is C15H17FN2. The molecule has 1 saturated carbocycles. The Morgan fingerprint density at radius 1 is 1.22 bits per heavy atom. The van der Waals surface area contributed by atoms with Crippen LogP contribution in [0.3, 0.4) is 0 Å². The molecule has 0 radical (unpaired) electrons. The second-order valence-corrected chi connectivity index (χ2v) is 5.11. The first kappa shape index (κ1) is 11.5. The van der Waals surface area contributed by atoms with Crippen LogP contribution in [0.2, 0.25) is 0 Å². The summed E-state index contributed by atoms with van der Waals surface area (Å²) in [6.45, 7) is 0.762. The molecule has 1 aromatic heterocycles. The fraction of sp³-hybridized carbons (Fsp3) is 0.333. The van der Waals surface area contributed by atoms with Crippen molar-refractivity contribution in [2.75, 3.05) is 0 Å². The van der Waals surface area contributed by atoms with Gasteiger partial charge >= 0.3 is 0 Å². The number of nitrogens with zero attached hydrogens (tertiary/aromatic N) is 1. The Bertz CT molecular complexity index is 526. The second-order valence-electron chi connectivity index (χ2n) is 5.11. The molecular weight excluding hydrogens is 227 g/mol. The molecule has 2 aromatic rings. The van der Waals surface area contributed by atoms with E-state index in [0.717, 1.165) is 12.1 Å². The summed E-state index contributed by atoms with van der Waals surface area (Å²) in [5, 5.41) is 0. The minimum atomic E-state index is -0.192. The van der Waals surface area contributed by atoms with Crippen LogP contribution >= 0.6 is 0 Å². The first-order valence-corrected chi connectivity index (χ1v) is 6.38. The van der Waals surface area contributed by atoms with Gasteiger partial charge in [-0.05, 0) is 48.1 Å². The van der Waals surface area contributed by atoms with Gasteiger partial charge in [-0.1, -0.05) is 12.1 Å². The molecule has 1 heterocycles. The van der Waals surface area contributed by atoms with Gasteiger partial charge in [0.25, 0.3) is 0 Å². The summed E-state index contributed by atoms with van der Waals surface area (Å²) in [6.07, 6.45) is 6.65. The molecule has 94 valence electrons. The molecule has 2 N–H and O–H groups in total. The van der Waals surface area contributed by atoms with Crippen molar-refractivity contribution in [1.29, 1.82) is 0 Å². The first-order valence-electron chi connectivity index (χ1n) is 6.38. The van der Waals surface area contributed by atoms with Crippen LogP contribution in [0.5, 0.6) is 0 Å². The Hall–Kier alpha value is -1.61. The molecule has 0 bridgehead atoms. The summed E-state index contributed by atoms with van der Waals surface area (Å²) in [7, 11) is 0. The van der Waals surface area contributed by atoms with Crippen molar-refractivity contribution in [3.05, 3.63) is 59.7 Å². The minimum Gasteiger partial charge on any atom is -0.350 e. The molecule has 3 rings (SSSR count). The maximum atomic E-state index is 12.8. The normalized spacial score (nSPS) is 16.8. The van der Waals surface area contributed by atoms with Gasteiger partial charge in [0.15, 0.2) is 0 Å². The predicted octanol–water partition coefficient (Wildman–Crippen LogP) is 3.09. The van der Waals surface area contributed by atoms with Crippen molar-refractivity contribution >= 4 is 0 Å². The monoisotopic (exact) mass is 244 g/mol. The molecule has 0 spiro atoms. The SMILES string of the molecule is NC(c1ccn(Cc2ccc(F)cc2)c1)C1CC1. The zero-order valence-electron chi connectivity index (χ0n) is 10.2. The summed E-state index contributed by atoms with van der Waals surface area (Å²) in [5.74, 6) is 0.481. The average molecular weight is 244 g/mol. The summed E-state index contributed by atoms with van der Waals surface area (Å²) >= 11 is 0. The topological polar surface area (TPSA) is 30.9 Å². The van der Waals surface area contributed by atoms with E-state index in [9.17, 15) is 4.39 Å². The molecule has 0 amide bonds. The van der Waals surface area contributed by atoms with Gasteiger partial charge in [-0.15, -0.1) is 0 Å². The van der Waals surface area contributed by atoms with E-state index in [1.54, 1.807) is 0 Å². The molecule has 2 nitrogen and oxygen atoms in total. The lowest BCUT2D eigenvalue weighted by molar-refractivity contribution is 0.625. The van der Waals surface area contributed by atoms with E-state index in [1.807, 2.05) is 18.3 Å². The summed E-state index contributed by atoms with van der Waals surface area (Å²) in [5.41, 5.74) is 8.47. The van der Waals surface area contributed by atoms with Gasteiger partial charge in [0, 0.05) is 25.0 Å². The maximum absolute atomic E-state index is 12.8. The molecule has 1 aromatic carbocycles. The second kappa shape index (κ2) is 4.58. The largest absolute Gasteiger partial charge is 0.350 e. The Balaban J connectivity index is 1.71. The smallest absolute Gasteiger partial charge is 0.123 e. The number of aromatic nitrogens is 1. The van der Waals surface area contributed by atoms with Crippen LogP contribution in [-0.4, -0.2) is 4.57 Å². The highest BCUT2D eigenvalue weighted by Gasteiger charge is 2.29. The zero-order valence-corrected chi connectivity index (χ0v) is 10.2. The highest BCUT2D eigenvalue weighted by molar-refractivity contribution is 5.21. The van der Waals surface area contributed by atoms with E-state index in [4.69, 9.17) is 5.73 Å². The van der Waals surface area contributed by atoms with E-state index < -0.39 is 0 Å². The van der Waals surface area contributed by atoms with Gasteiger partial charge in [0.2, 0.25) is 0 Å². The molecule has 1 aliphatic rings. The number of rotatable bonds is 4. The predicted molar refractivity (Wildman–Crippen MR) is 69.6 cm³/mol. The molecule has 3 heteroatoms. The number of hydrogen-bond donors (Lipinski definition) is 1. The lowest BCUT2D eigenvalue weighted by Gasteiger charge is -2.07. The van der Waals surface area contributed by atoms with Crippen LogP contribution in [0.4, 0.5) is 4.39 Å². The Labute approximate surface area is 106 Å². The van der Waals surface area contributed by atoms with Crippen molar-refractivity contribution in [2.45, 2.75) is 25.4 Å². The molecule has 1 aliphatic carbocycles. The minimum absolute atomic E-state index is 0.180. The van der Waals surface area contributed by atoms with E-state index >= 15 is 0 Å². The van der Waals surface area contributed by atoms with Crippen molar-refractivity contribution in [2.24, 2.45) is 11.7 Å². The van der Waals surface area contributed by atoms with Crippen LogP contribution < -0.4 is 5.73 Å². The highest BCUT2D eigenvalue weighted by Crippen LogP contribution is 2.39. The van der Waals surface area contributed by atoms with Gasteiger partial charge < -0.3 is 10.3 Å². The fourth-order valence-electron chi connectivity index (χ4n) is 2.28. The van der Waals surface area contributed by atoms with Crippen molar-refractivity contribution in [1.82, 2.24) is 4.57 Å². The van der Waals surface area contributed by atoms with Crippen LogP contribution in [0.1, 0.15) is 30.0 Å². The Morgan fingerprint density at radius 3 is 2.61 bits per heavy atom. The van der Waals surface area contributed by atoms with Crippen LogP contribution in [0.15, 0.2) is 42.7 Å². The van der Waals surface area contributed by atoms with E-state index in [-0.39, 0.29) is 11.9 Å². The zero-order chi connectivity index (χ0) is 12.5. The van der Waals surface area contributed by atoms with Gasteiger partial charge in [0.05, 0.1) is 0 Å². The molecule has 1 unspecified atom stereocenters. The quantitative estimate of drug-likeness (QED) is 0.880. The van der Waals surface area contributed by atoms with E-state index in [1.165, 1.54) is 30.5 Å². The molecule has 1 atom stereocenters. The lowest BCUT2D eigenvalue weighted by Crippen LogP contribution is -2.11. The van der Waals surface area contributed by atoms with Crippen molar-refractivity contribution in [3.8, 4) is 0 Å². The van der Waals surface area contributed by atoms with Crippen molar-refractivity contribution in [3.63, 3.8) is 0 Å².